The fourth-order valence-corrected chi connectivity index (χ4v) is 11.4. The fourth-order valence-electron chi connectivity index (χ4n) is 11.4. The first kappa shape index (κ1) is 37.6. The zero-order valence-electron chi connectivity index (χ0n) is 36.4. The molecule has 14 rings (SSSR count). The Bertz CT molecular complexity index is 3900. The normalized spacial score (nSPS) is 12.9. The highest BCUT2D eigenvalue weighted by Gasteiger charge is 2.51. The van der Waals surface area contributed by atoms with Crippen molar-refractivity contribution in [2.75, 3.05) is 0 Å². The lowest BCUT2D eigenvalue weighted by atomic mass is 9.70. The summed E-state index contributed by atoms with van der Waals surface area (Å²) in [6, 6.07) is 85.9. The average Bonchev–Trinajstić information content (AvgIpc) is 3.88. The van der Waals surface area contributed by atoms with Gasteiger partial charge in [0.1, 0.15) is 0 Å². The van der Waals surface area contributed by atoms with Crippen LogP contribution in [0.2, 0.25) is 0 Å². The van der Waals surface area contributed by atoms with E-state index in [1.54, 1.807) is 0 Å². The van der Waals surface area contributed by atoms with Crippen LogP contribution in [0.3, 0.4) is 0 Å². The highest BCUT2D eigenvalue weighted by atomic mass is 15.0. The quantitative estimate of drug-likeness (QED) is 0.162. The Labute approximate surface area is 388 Å². The summed E-state index contributed by atoms with van der Waals surface area (Å²) in [4.78, 5) is 15.7. The summed E-state index contributed by atoms with van der Waals surface area (Å²) in [5.74, 6) is 1.92. The average molecular weight is 850 g/mol. The molecule has 0 unspecified atom stereocenters. The van der Waals surface area contributed by atoms with Gasteiger partial charge in [0.25, 0.3) is 0 Å². The third kappa shape index (κ3) is 5.55. The van der Waals surface area contributed by atoms with Crippen molar-refractivity contribution in [3.05, 3.63) is 259 Å². The van der Waals surface area contributed by atoms with Gasteiger partial charge in [0.15, 0.2) is 17.5 Å². The third-order valence-corrected chi connectivity index (χ3v) is 14.3. The lowest BCUT2D eigenvalue weighted by molar-refractivity contribution is 0.794. The first-order chi connectivity index (χ1) is 33.2. The molecule has 0 bridgehead atoms. The van der Waals surface area contributed by atoms with Crippen molar-refractivity contribution in [1.82, 2.24) is 15.0 Å². The molecule has 1 aromatic heterocycles. The second-order valence-electron chi connectivity index (χ2n) is 17.8. The molecule has 1 spiro atoms. The first-order valence-electron chi connectivity index (χ1n) is 23.0. The van der Waals surface area contributed by atoms with Crippen LogP contribution in [-0.2, 0) is 5.41 Å². The maximum atomic E-state index is 5.30. The summed E-state index contributed by atoms with van der Waals surface area (Å²) in [6.07, 6.45) is 0. The van der Waals surface area contributed by atoms with E-state index < -0.39 is 5.41 Å². The summed E-state index contributed by atoms with van der Waals surface area (Å²) >= 11 is 0. The molecule has 0 radical (unpaired) electrons. The Morgan fingerprint density at radius 1 is 0.224 bits per heavy atom. The molecule has 2 aliphatic rings. The molecule has 0 saturated heterocycles. The van der Waals surface area contributed by atoms with Crippen molar-refractivity contribution in [2.24, 2.45) is 0 Å². The van der Waals surface area contributed by atoms with Gasteiger partial charge >= 0.3 is 0 Å². The monoisotopic (exact) mass is 849 g/mol. The minimum absolute atomic E-state index is 0.407. The van der Waals surface area contributed by atoms with E-state index >= 15 is 0 Å². The Morgan fingerprint density at radius 3 is 1.27 bits per heavy atom. The number of hydrogen-bond donors (Lipinski definition) is 0. The molecule has 3 nitrogen and oxygen atoms in total. The van der Waals surface area contributed by atoms with E-state index in [2.05, 4.69) is 212 Å². The summed E-state index contributed by atoms with van der Waals surface area (Å²) in [7, 11) is 0. The molecule has 0 fully saturated rings. The van der Waals surface area contributed by atoms with Gasteiger partial charge < -0.3 is 0 Å². The highest BCUT2D eigenvalue weighted by Crippen LogP contribution is 2.63. The number of hydrogen-bond acceptors (Lipinski definition) is 3. The van der Waals surface area contributed by atoms with Crippen LogP contribution in [0.1, 0.15) is 22.3 Å². The van der Waals surface area contributed by atoms with Crippen molar-refractivity contribution < 1.29 is 0 Å². The van der Waals surface area contributed by atoms with Crippen LogP contribution >= 0.6 is 0 Å². The number of fused-ring (bicyclic) bond motifs is 16. The van der Waals surface area contributed by atoms with Gasteiger partial charge in [-0.15, -0.1) is 0 Å². The molecule has 0 atom stereocenters. The SMILES string of the molecule is c1ccc(-c2ccc(-c3nc(-c4ccccc4)nc(-c4cccc5c6ccccc6c6cc(-c7ccc8c(c7)C7(c9ccccc9-c9ccccc97)c7ccccc7-8)ccc6c45)n3)cc2)cc1. The van der Waals surface area contributed by atoms with Crippen molar-refractivity contribution in [3.63, 3.8) is 0 Å². The van der Waals surface area contributed by atoms with Crippen LogP contribution in [0.25, 0.3) is 111 Å². The third-order valence-electron chi connectivity index (χ3n) is 14.3. The molecule has 12 aromatic rings. The smallest absolute Gasteiger partial charge is 0.164 e. The lowest BCUT2D eigenvalue weighted by Gasteiger charge is -2.30. The second kappa shape index (κ2) is 14.6. The molecule has 310 valence electrons. The molecule has 1 heterocycles. The summed E-state index contributed by atoms with van der Waals surface area (Å²) < 4.78 is 0. The van der Waals surface area contributed by atoms with Crippen LogP contribution in [0.5, 0.6) is 0 Å². The molecule has 0 amide bonds. The number of aromatic nitrogens is 3. The number of benzene rings is 11. The van der Waals surface area contributed by atoms with Gasteiger partial charge in [-0.25, -0.2) is 15.0 Å². The standard InChI is InChI=1S/C64H39N3/c1-3-16-40(17-4-1)41-30-32-43(33-31-41)62-65-61(42-18-5-2-6-19-42)66-63(67-62)54-26-15-25-52-46-20-7-8-21-47(46)55-38-44(35-37-53(55)60(52)54)45-34-36-51-50-24-11-14-29-58(50)64(59(51)39-45)56-27-12-9-22-48(56)49-23-10-13-28-57(49)64/h1-39H. The second-order valence-corrected chi connectivity index (χ2v) is 17.8. The van der Waals surface area contributed by atoms with Crippen LogP contribution in [-0.4, -0.2) is 15.0 Å². The van der Waals surface area contributed by atoms with Gasteiger partial charge in [0.2, 0.25) is 0 Å². The number of nitrogens with zero attached hydrogens (tertiary/aromatic N) is 3. The molecule has 0 aliphatic heterocycles. The molecule has 67 heavy (non-hydrogen) atoms. The lowest BCUT2D eigenvalue weighted by Crippen LogP contribution is -2.25. The molecular weight excluding hydrogens is 811 g/mol. The van der Waals surface area contributed by atoms with Crippen LogP contribution < -0.4 is 0 Å². The summed E-state index contributed by atoms with van der Waals surface area (Å²) in [5.41, 5.74) is 17.7. The van der Waals surface area contributed by atoms with Crippen LogP contribution in [0.15, 0.2) is 237 Å². The predicted octanol–water partition coefficient (Wildman–Crippen LogP) is 16.0. The molecule has 11 aromatic carbocycles. The predicted molar refractivity (Wildman–Crippen MR) is 276 cm³/mol. The van der Waals surface area contributed by atoms with Gasteiger partial charge in [-0.05, 0) is 106 Å². The van der Waals surface area contributed by atoms with Crippen LogP contribution in [0.4, 0.5) is 0 Å². The molecular formula is C64H39N3. The maximum absolute atomic E-state index is 5.30. The van der Waals surface area contributed by atoms with Gasteiger partial charge in [-0.1, -0.05) is 224 Å². The topological polar surface area (TPSA) is 38.7 Å². The Kier molecular flexibility index (Phi) is 8.20. The largest absolute Gasteiger partial charge is 0.208 e. The van der Waals surface area contributed by atoms with E-state index in [-0.39, 0.29) is 0 Å². The van der Waals surface area contributed by atoms with Gasteiger partial charge in [0.05, 0.1) is 5.41 Å². The van der Waals surface area contributed by atoms with E-state index in [9.17, 15) is 0 Å². The Morgan fingerprint density at radius 2 is 0.627 bits per heavy atom. The Hall–Kier alpha value is -8.79. The zero-order valence-corrected chi connectivity index (χ0v) is 36.4. The minimum atomic E-state index is -0.407. The van der Waals surface area contributed by atoms with E-state index in [0.717, 1.165) is 33.0 Å². The van der Waals surface area contributed by atoms with Crippen molar-refractivity contribution in [2.45, 2.75) is 5.41 Å². The molecule has 0 N–H and O–H groups in total. The van der Waals surface area contributed by atoms with Crippen molar-refractivity contribution in [3.8, 4) is 78.7 Å². The first-order valence-corrected chi connectivity index (χ1v) is 23.0. The minimum Gasteiger partial charge on any atom is -0.208 e. The van der Waals surface area contributed by atoms with E-state index in [4.69, 9.17) is 15.0 Å². The Balaban J connectivity index is 0.969. The van der Waals surface area contributed by atoms with Crippen LogP contribution in [0, 0.1) is 0 Å². The number of rotatable bonds is 5. The maximum Gasteiger partial charge on any atom is 0.164 e. The van der Waals surface area contributed by atoms with Gasteiger partial charge in [-0.2, -0.15) is 0 Å². The summed E-state index contributed by atoms with van der Waals surface area (Å²) in [5, 5.41) is 7.05. The van der Waals surface area contributed by atoms with E-state index in [0.29, 0.717) is 17.5 Å². The van der Waals surface area contributed by atoms with Crippen molar-refractivity contribution >= 4 is 32.3 Å². The van der Waals surface area contributed by atoms with E-state index in [1.165, 1.54) is 82.7 Å². The molecule has 2 aliphatic carbocycles. The fraction of sp³-hybridized carbons (Fsp3) is 0.0156. The summed E-state index contributed by atoms with van der Waals surface area (Å²) in [6.45, 7) is 0. The van der Waals surface area contributed by atoms with Crippen molar-refractivity contribution in [1.29, 1.82) is 0 Å². The van der Waals surface area contributed by atoms with Gasteiger partial charge in [0, 0.05) is 22.1 Å². The van der Waals surface area contributed by atoms with Gasteiger partial charge in [-0.3, -0.25) is 0 Å². The zero-order chi connectivity index (χ0) is 44.1. The molecule has 0 saturated carbocycles. The van der Waals surface area contributed by atoms with E-state index in [1.807, 2.05) is 24.3 Å². The molecule has 3 heteroatoms. The highest BCUT2D eigenvalue weighted by molar-refractivity contribution is 6.28.